The summed E-state index contributed by atoms with van der Waals surface area (Å²) in [6, 6.07) is 1.41. The molecule has 0 saturated carbocycles. The Balaban J connectivity index is 3.02. The Labute approximate surface area is 101 Å². The van der Waals surface area contributed by atoms with Crippen molar-refractivity contribution in [3.8, 4) is 0 Å². The molecule has 0 radical (unpaired) electrons. The quantitative estimate of drug-likeness (QED) is 0.856. The maximum atomic E-state index is 13.9. The van der Waals surface area contributed by atoms with Crippen molar-refractivity contribution in [1.29, 1.82) is 0 Å². The van der Waals surface area contributed by atoms with E-state index in [-0.39, 0.29) is 17.3 Å². The molecule has 0 aliphatic carbocycles. The van der Waals surface area contributed by atoms with Crippen molar-refractivity contribution >= 4 is 11.7 Å². The first-order chi connectivity index (χ1) is 8.15. The highest BCUT2D eigenvalue weighted by atomic mass is 19.1. The highest BCUT2D eigenvalue weighted by Gasteiger charge is 2.19. The monoisotopic (exact) mass is 239 g/mol. The summed E-state index contributed by atoms with van der Waals surface area (Å²) >= 11 is 0. The minimum Gasteiger partial charge on any atom is -0.371 e. The third kappa shape index (κ3) is 2.93. The van der Waals surface area contributed by atoms with Crippen LogP contribution in [0, 0.1) is 5.82 Å². The lowest BCUT2D eigenvalue weighted by atomic mass is 10.2. The van der Waals surface area contributed by atoms with E-state index in [9.17, 15) is 9.18 Å². The minimum absolute atomic E-state index is 0.0691. The maximum Gasteiger partial charge on any atom is 0.257 e. The summed E-state index contributed by atoms with van der Waals surface area (Å²) in [6.45, 7) is 5.07. The van der Waals surface area contributed by atoms with Gasteiger partial charge in [-0.3, -0.25) is 4.79 Å². The number of aromatic nitrogens is 1. The van der Waals surface area contributed by atoms with Gasteiger partial charge >= 0.3 is 0 Å². The fraction of sp³-hybridized carbons (Fsp3) is 0.500. The smallest absolute Gasteiger partial charge is 0.257 e. The number of anilines is 1. The van der Waals surface area contributed by atoms with Gasteiger partial charge in [0.05, 0.1) is 5.56 Å². The maximum absolute atomic E-state index is 13.9. The van der Waals surface area contributed by atoms with Crippen LogP contribution < -0.4 is 5.32 Å². The van der Waals surface area contributed by atoms with E-state index in [0.29, 0.717) is 13.1 Å². The average Bonchev–Trinajstić information content (AvgIpc) is 2.35. The molecule has 0 atom stereocenters. The van der Waals surface area contributed by atoms with Crippen molar-refractivity contribution in [3.63, 3.8) is 0 Å². The van der Waals surface area contributed by atoms with Gasteiger partial charge in [0, 0.05) is 26.3 Å². The standard InChI is InChI=1S/C12H18FN3O/c1-4-8-16(5-2)12(17)9-6-7-15-11(14-3)10(9)13/h6-7H,4-5,8H2,1-3H3,(H,14,15). The van der Waals surface area contributed by atoms with Crippen LogP contribution in [0.3, 0.4) is 0 Å². The molecular formula is C12H18FN3O. The second kappa shape index (κ2) is 6.18. The number of rotatable bonds is 5. The molecule has 0 bridgehead atoms. The predicted octanol–water partition coefficient (Wildman–Crippen LogP) is 2.13. The van der Waals surface area contributed by atoms with Crippen molar-refractivity contribution in [1.82, 2.24) is 9.88 Å². The number of nitrogens with zero attached hydrogens (tertiary/aromatic N) is 2. The van der Waals surface area contributed by atoms with E-state index in [1.807, 2.05) is 13.8 Å². The number of halogens is 1. The van der Waals surface area contributed by atoms with Crippen LogP contribution in [0.15, 0.2) is 12.3 Å². The van der Waals surface area contributed by atoms with Crippen LogP contribution in [0.25, 0.3) is 0 Å². The largest absolute Gasteiger partial charge is 0.371 e. The average molecular weight is 239 g/mol. The van der Waals surface area contributed by atoms with Gasteiger partial charge in [-0.15, -0.1) is 0 Å². The molecule has 1 aromatic rings. The zero-order chi connectivity index (χ0) is 12.8. The lowest BCUT2D eigenvalue weighted by molar-refractivity contribution is 0.0759. The molecule has 0 saturated heterocycles. The van der Waals surface area contributed by atoms with E-state index in [0.717, 1.165) is 6.42 Å². The van der Waals surface area contributed by atoms with Crippen LogP contribution in [0.1, 0.15) is 30.6 Å². The summed E-state index contributed by atoms with van der Waals surface area (Å²) in [7, 11) is 1.57. The normalized spacial score (nSPS) is 10.1. The summed E-state index contributed by atoms with van der Waals surface area (Å²) in [6.07, 6.45) is 2.28. The molecular weight excluding hydrogens is 221 g/mol. The number of carbonyl (C=O) groups excluding carboxylic acids is 1. The summed E-state index contributed by atoms with van der Waals surface area (Å²) in [5, 5.41) is 2.62. The summed E-state index contributed by atoms with van der Waals surface area (Å²) in [5.41, 5.74) is 0.0691. The number of pyridine rings is 1. The fourth-order valence-electron chi connectivity index (χ4n) is 1.63. The fourth-order valence-corrected chi connectivity index (χ4v) is 1.63. The van der Waals surface area contributed by atoms with E-state index in [4.69, 9.17) is 0 Å². The molecule has 0 aliphatic rings. The van der Waals surface area contributed by atoms with Gasteiger partial charge in [-0.05, 0) is 19.4 Å². The number of amides is 1. The molecule has 17 heavy (non-hydrogen) atoms. The van der Waals surface area contributed by atoms with Crippen LogP contribution >= 0.6 is 0 Å². The highest BCUT2D eigenvalue weighted by molar-refractivity contribution is 5.95. The van der Waals surface area contributed by atoms with Crippen LogP contribution in [-0.4, -0.2) is 35.9 Å². The van der Waals surface area contributed by atoms with Crippen LogP contribution in [0.2, 0.25) is 0 Å². The van der Waals surface area contributed by atoms with Crippen molar-refractivity contribution in [2.45, 2.75) is 20.3 Å². The van der Waals surface area contributed by atoms with E-state index < -0.39 is 5.82 Å². The molecule has 0 unspecified atom stereocenters. The molecule has 0 aliphatic heterocycles. The van der Waals surface area contributed by atoms with Gasteiger partial charge in [-0.2, -0.15) is 0 Å². The van der Waals surface area contributed by atoms with Gasteiger partial charge in [0.1, 0.15) is 0 Å². The molecule has 0 aromatic carbocycles. The third-order valence-corrected chi connectivity index (χ3v) is 2.52. The van der Waals surface area contributed by atoms with Gasteiger partial charge in [0.25, 0.3) is 5.91 Å². The number of nitrogens with one attached hydrogen (secondary N) is 1. The van der Waals surface area contributed by atoms with Crippen molar-refractivity contribution in [3.05, 3.63) is 23.6 Å². The lowest BCUT2D eigenvalue weighted by Gasteiger charge is -2.20. The van der Waals surface area contributed by atoms with Crippen LogP contribution in [0.4, 0.5) is 10.2 Å². The van der Waals surface area contributed by atoms with Crippen LogP contribution in [0.5, 0.6) is 0 Å². The van der Waals surface area contributed by atoms with Gasteiger partial charge in [0.15, 0.2) is 11.6 Å². The molecule has 0 spiro atoms. The highest BCUT2D eigenvalue weighted by Crippen LogP contribution is 2.16. The Bertz CT molecular complexity index is 395. The molecule has 1 heterocycles. The van der Waals surface area contributed by atoms with Gasteiger partial charge in [0.2, 0.25) is 0 Å². The van der Waals surface area contributed by atoms with E-state index in [2.05, 4.69) is 10.3 Å². The zero-order valence-corrected chi connectivity index (χ0v) is 10.5. The van der Waals surface area contributed by atoms with Crippen LogP contribution in [-0.2, 0) is 0 Å². The van der Waals surface area contributed by atoms with E-state index >= 15 is 0 Å². The van der Waals surface area contributed by atoms with E-state index in [1.54, 1.807) is 11.9 Å². The second-order valence-electron chi connectivity index (χ2n) is 3.66. The van der Waals surface area contributed by atoms with Gasteiger partial charge in [-0.25, -0.2) is 9.37 Å². The Morgan fingerprint density at radius 2 is 2.24 bits per heavy atom. The van der Waals surface area contributed by atoms with Crippen molar-refractivity contribution in [2.75, 3.05) is 25.5 Å². The minimum atomic E-state index is -0.588. The first kappa shape index (κ1) is 13.4. The summed E-state index contributed by atoms with van der Waals surface area (Å²) < 4.78 is 13.9. The Morgan fingerprint density at radius 3 is 2.76 bits per heavy atom. The number of hydrogen-bond donors (Lipinski definition) is 1. The Morgan fingerprint density at radius 1 is 1.53 bits per heavy atom. The summed E-state index contributed by atoms with van der Waals surface area (Å²) in [5.74, 6) is -0.774. The first-order valence-corrected chi connectivity index (χ1v) is 5.77. The van der Waals surface area contributed by atoms with Crippen molar-refractivity contribution in [2.24, 2.45) is 0 Å². The van der Waals surface area contributed by atoms with Gasteiger partial charge < -0.3 is 10.2 Å². The zero-order valence-electron chi connectivity index (χ0n) is 10.5. The second-order valence-corrected chi connectivity index (χ2v) is 3.66. The molecule has 1 rings (SSSR count). The topological polar surface area (TPSA) is 45.2 Å². The van der Waals surface area contributed by atoms with Gasteiger partial charge in [-0.1, -0.05) is 6.92 Å². The Kier molecular flexibility index (Phi) is 4.87. The molecule has 0 fully saturated rings. The Hall–Kier alpha value is -1.65. The lowest BCUT2D eigenvalue weighted by Crippen LogP contribution is -2.32. The third-order valence-electron chi connectivity index (χ3n) is 2.52. The molecule has 1 N–H and O–H groups in total. The SMILES string of the molecule is CCCN(CC)C(=O)c1ccnc(NC)c1F. The molecule has 4 nitrogen and oxygen atoms in total. The number of carbonyl (C=O) groups is 1. The molecule has 1 amide bonds. The molecule has 94 valence electrons. The number of hydrogen-bond acceptors (Lipinski definition) is 3. The predicted molar refractivity (Wildman–Crippen MR) is 65.6 cm³/mol. The van der Waals surface area contributed by atoms with Crippen molar-refractivity contribution < 1.29 is 9.18 Å². The molecule has 1 aromatic heterocycles. The molecule has 5 heteroatoms. The summed E-state index contributed by atoms with van der Waals surface area (Å²) in [4.78, 5) is 17.5. The first-order valence-electron chi connectivity index (χ1n) is 5.77. The van der Waals surface area contributed by atoms with E-state index in [1.165, 1.54) is 12.3 Å².